The van der Waals surface area contributed by atoms with E-state index in [0.29, 0.717) is 29.7 Å². The molecule has 2 rings (SSSR count). The third kappa shape index (κ3) is 3.16. The minimum Gasteiger partial charge on any atom is -0.350 e. The summed E-state index contributed by atoms with van der Waals surface area (Å²) in [6.45, 7) is 2.96. The number of amides is 3. The van der Waals surface area contributed by atoms with Crippen molar-refractivity contribution in [3.63, 3.8) is 0 Å². The van der Waals surface area contributed by atoms with Gasteiger partial charge in [0.2, 0.25) is 5.91 Å². The van der Waals surface area contributed by atoms with Crippen LogP contribution in [0, 0.1) is 0 Å². The van der Waals surface area contributed by atoms with Gasteiger partial charge in [0.25, 0.3) is 0 Å². The highest BCUT2D eigenvalue weighted by Crippen LogP contribution is 2.20. The summed E-state index contributed by atoms with van der Waals surface area (Å²) in [5.74, 6) is -0.198. The van der Waals surface area contributed by atoms with Crippen molar-refractivity contribution in [1.29, 1.82) is 0 Å². The van der Waals surface area contributed by atoms with Gasteiger partial charge in [-0.25, -0.2) is 4.79 Å². The summed E-state index contributed by atoms with van der Waals surface area (Å²) in [6.07, 6.45) is 0. The fourth-order valence-electron chi connectivity index (χ4n) is 2.10. The van der Waals surface area contributed by atoms with Crippen LogP contribution in [0.4, 0.5) is 4.79 Å². The van der Waals surface area contributed by atoms with E-state index in [4.69, 9.17) is 23.2 Å². The number of urea groups is 1. The molecule has 0 unspecified atom stereocenters. The minimum absolute atomic E-state index is 0.198. The highest BCUT2D eigenvalue weighted by Gasteiger charge is 2.34. The molecule has 2 N–H and O–H groups in total. The van der Waals surface area contributed by atoms with E-state index in [0.717, 1.165) is 5.56 Å². The Kier molecular flexibility index (Phi) is 4.73. The van der Waals surface area contributed by atoms with Crippen molar-refractivity contribution in [2.24, 2.45) is 0 Å². The number of hydrogen-bond acceptors (Lipinski definition) is 2. The van der Waals surface area contributed by atoms with Crippen molar-refractivity contribution in [3.8, 4) is 0 Å². The molecule has 20 heavy (non-hydrogen) atoms. The van der Waals surface area contributed by atoms with Gasteiger partial charge >= 0.3 is 6.03 Å². The van der Waals surface area contributed by atoms with Crippen molar-refractivity contribution in [2.45, 2.75) is 19.5 Å². The molecule has 1 atom stereocenters. The van der Waals surface area contributed by atoms with Gasteiger partial charge in [0.1, 0.15) is 6.04 Å². The lowest BCUT2D eigenvalue weighted by atomic mass is 10.2. The van der Waals surface area contributed by atoms with Crippen LogP contribution < -0.4 is 10.6 Å². The molecule has 0 radical (unpaired) electrons. The predicted molar refractivity (Wildman–Crippen MR) is 77.9 cm³/mol. The second kappa shape index (κ2) is 6.33. The van der Waals surface area contributed by atoms with Gasteiger partial charge < -0.3 is 15.5 Å². The number of likely N-dealkylation sites (N-methyl/N-ethyl adjacent to an activating group) is 1. The number of carbonyl (C=O) groups is 2. The van der Waals surface area contributed by atoms with Crippen LogP contribution in [-0.2, 0) is 11.3 Å². The lowest BCUT2D eigenvalue weighted by molar-refractivity contribution is -0.124. The molecule has 7 heteroatoms. The van der Waals surface area contributed by atoms with E-state index < -0.39 is 6.04 Å². The smallest absolute Gasteiger partial charge is 0.318 e. The molecule has 0 spiro atoms. The largest absolute Gasteiger partial charge is 0.350 e. The third-order valence-corrected chi connectivity index (χ3v) is 3.78. The maximum Gasteiger partial charge on any atom is 0.318 e. The summed E-state index contributed by atoms with van der Waals surface area (Å²) >= 11 is 11.9. The Labute approximate surface area is 127 Å². The molecule has 0 aliphatic carbocycles. The molecule has 0 bridgehead atoms. The molecule has 0 saturated carbocycles. The van der Waals surface area contributed by atoms with Crippen LogP contribution in [0.5, 0.6) is 0 Å². The van der Waals surface area contributed by atoms with Crippen LogP contribution in [0.3, 0.4) is 0 Å². The Morgan fingerprint density at radius 1 is 1.50 bits per heavy atom. The maximum atomic E-state index is 12.1. The summed E-state index contributed by atoms with van der Waals surface area (Å²) in [5.41, 5.74) is 0.782. The second-order valence-corrected chi connectivity index (χ2v) is 5.29. The molecular weight excluding hydrogens is 301 g/mol. The van der Waals surface area contributed by atoms with E-state index in [9.17, 15) is 9.59 Å². The molecule has 1 aliphatic heterocycles. The number of rotatable bonds is 4. The molecule has 1 aromatic carbocycles. The molecular formula is C13H15Cl2N3O2. The molecule has 0 aromatic heterocycles. The van der Waals surface area contributed by atoms with Crippen molar-refractivity contribution < 1.29 is 9.59 Å². The van der Waals surface area contributed by atoms with Crippen LogP contribution >= 0.6 is 23.2 Å². The van der Waals surface area contributed by atoms with Crippen LogP contribution in [0.1, 0.15) is 12.5 Å². The molecule has 108 valence electrons. The van der Waals surface area contributed by atoms with Gasteiger partial charge in [-0.15, -0.1) is 0 Å². The van der Waals surface area contributed by atoms with Gasteiger partial charge in [-0.1, -0.05) is 29.3 Å². The summed E-state index contributed by atoms with van der Waals surface area (Å²) < 4.78 is 0. The Morgan fingerprint density at radius 3 is 2.90 bits per heavy atom. The fourth-order valence-corrected chi connectivity index (χ4v) is 2.58. The number of carbonyl (C=O) groups excluding carboxylic acids is 2. The topological polar surface area (TPSA) is 61.4 Å². The quantitative estimate of drug-likeness (QED) is 0.893. The van der Waals surface area contributed by atoms with Crippen LogP contribution in [0.25, 0.3) is 0 Å². The number of halogens is 2. The van der Waals surface area contributed by atoms with Gasteiger partial charge in [-0.2, -0.15) is 0 Å². The van der Waals surface area contributed by atoms with E-state index in [1.165, 1.54) is 4.90 Å². The zero-order valence-corrected chi connectivity index (χ0v) is 12.5. The summed E-state index contributed by atoms with van der Waals surface area (Å²) in [7, 11) is 0. The number of nitrogens with one attached hydrogen (secondary N) is 2. The van der Waals surface area contributed by atoms with E-state index in [2.05, 4.69) is 10.6 Å². The van der Waals surface area contributed by atoms with Gasteiger partial charge in [0.05, 0.1) is 0 Å². The normalized spacial score (nSPS) is 18.1. The molecule has 1 aromatic rings. The lowest BCUT2D eigenvalue weighted by Gasteiger charge is -2.20. The first-order chi connectivity index (χ1) is 9.52. The lowest BCUT2D eigenvalue weighted by Crippen LogP contribution is -2.45. The van der Waals surface area contributed by atoms with Crippen molar-refractivity contribution in [3.05, 3.63) is 33.8 Å². The maximum absolute atomic E-state index is 12.1. The molecule has 1 heterocycles. The average Bonchev–Trinajstić information content (AvgIpc) is 2.78. The fraction of sp³-hybridized carbons (Fsp3) is 0.385. The van der Waals surface area contributed by atoms with Crippen molar-refractivity contribution in [2.75, 3.05) is 13.1 Å². The SMILES string of the molecule is CCN1C(=O)NC[C@H]1C(=O)NCc1ccc(Cl)cc1Cl. The van der Waals surface area contributed by atoms with Crippen LogP contribution in [-0.4, -0.2) is 36.0 Å². The zero-order chi connectivity index (χ0) is 14.7. The summed E-state index contributed by atoms with van der Waals surface area (Å²) in [4.78, 5) is 25.1. The second-order valence-electron chi connectivity index (χ2n) is 4.44. The standard InChI is InChI=1S/C13H15Cl2N3O2/c1-2-18-11(7-17-13(18)20)12(19)16-6-8-3-4-9(14)5-10(8)15/h3-5,11H,2,6-7H2,1H3,(H,16,19)(H,17,20)/t11-/m0/s1. The molecule has 1 fully saturated rings. The molecule has 5 nitrogen and oxygen atoms in total. The first kappa shape index (κ1) is 14.9. The first-order valence-electron chi connectivity index (χ1n) is 6.29. The van der Waals surface area contributed by atoms with Gasteiger partial charge in [-0.3, -0.25) is 4.79 Å². The van der Waals surface area contributed by atoms with E-state index in [-0.39, 0.29) is 11.9 Å². The third-order valence-electron chi connectivity index (χ3n) is 3.20. The Bertz CT molecular complexity index is 536. The summed E-state index contributed by atoms with van der Waals surface area (Å²) in [6, 6.07) is 4.42. The molecule has 1 saturated heterocycles. The predicted octanol–water partition coefficient (Wildman–Crippen LogP) is 2.02. The van der Waals surface area contributed by atoms with Crippen molar-refractivity contribution >= 4 is 35.1 Å². The van der Waals surface area contributed by atoms with Gasteiger partial charge in [0, 0.05) is 29.7 Å². The zero-order valence-electron chi connectivity index (χ0n) is 11.0. The number of hydrogen-bond donors (Lipinski definition) is 2. The summed E-state index contributed by atoms with van der Waals surface area (Å²) in [5, 5.41) is 6.49. The van der Waals surface area contributed by atoms with E-state index in [1.54, 1.807) is 18.2 Å². The molecule has 3 amide bonds. The monoisotopic (exact) mass is 315 g/mol. The Hall–Kier alpha value is -1.46. The minimum atomic E-state index is -0.474. The Balaban J connectivity index is 1.97. The first-order valence-corrected chi connectivity index (χ1v) is 7.04. The van der Waals surface area contributed by atoms with E-state index >= 15 is 0 Å². The Morgan fingerprint density at radius 2 is 2.25 bits per heavy atom. The van der Waals surface area contributed by atoms with E-state index in [1.807, 2.05) is 6.92 Å². The number of benzene rings is 1. The van der Waals surface area contributed by atoms with Crippen molar-refractivity contribution in [1.82, 2.24) is 15.5 Å². The van der Waals surface area contributed by atoms with Crippen LogP contribution in [0.2, 0.25) is 10.0 Å². The highest BCUT2D eigenvalue weighted by molar-refractivity contribution is 6.35. The number of nitrogens with zero attached hydrogens (tertiary/aromatic N) is 1. The average molecular weight is 316 g/mol. The highest BCUT2D eigenvalue weighted by atomic mass is 35.5. The van der Waals surface area contributed by atoms with Gasteiger partial charge in [0.15, 0.2) is 0 Å². The van der Waals surface area contributed by atoms with Crippen LogP contribution in [0.15, 0.2) is 18.2 Å². The molecule has 1 aliphatic rings. The van der Waals surface area contributed by atoms with Gasteiger partial charge in [-0.05, 0) is 24.6 Å².